The van der Waals surface area contributed by atoms with Gasteiger partial charge in [0, 0.05) is 50.0 Å². The highest BCUT2D eigenvalue weighted by Gasteiger charge is 2.45. The topological polar surface area (TPSA) is 73.0 Å². The third kappa shape index (κ3) is 3.99. The van der Waals surface area contributed by atoms with Gasteiger partial charge in [-0.05, 0) is 38.1 Å². The Labute approximate surface area is 153 Å². The number of nitrogens with zero attached hydrogens (tertiary/aromatic N) is 3. The van der Waals surface area contributed by atoms with Crippen LogP contribution in [-0.2, 0) is 10.0 Å². The molecule has 1 aromatic rings. The Balaban J connectivity index is 1.70. The second kappa shape index (κ2) is 6.79. The zero-order valence-corrected chi connectivity index (χ0v) is 16.1. The maximum absolute atomic E-state index is 13.0. The van der Waals surface area contributed by atoms with Crippen molar-refractivity contribution < 1.29 is 17.6 Å². The van der Waals surface area contributed by atoms with Crippen molar-refractivity contribution in [2.75, 3.05) is 44.3 Å². The molecule has 26 heavy (non-hydrogen) atoms. The van der Waals surface area contributed by atoms with Crippen molar-refractivity contribution in [3.63, 3.8) is 0 Å². The molecule has 7 nitrogen and oxygen atoms in total. The van der Waals surface area contributed by atoms with E-state index in [1.807, 2.05) is 13.8 Å². The summed E-state index contributed by atoms with van der Waals surface area (Å²) in [5, 5.41) is 2.77. The van der Waals surface area contributed by atoms with Gasteiger partial charge in [0.05, 0.1) is 6.26 Å². The molecule has 2 aliphatic heterocycles. The minimum absolute atomic E-state index is 0.0545. The van der Waals surface area contributed by atoms with Gasteiger partial charge in [-0.15, -0.1) is 0 Å². The lowest BCUT2D eigenvalue weighted by atomic mass is 9.94. The highest BCUT2D eigenvalue weighted by molar-refractivity contribution is 7.88. The van der Waals surface area contributed by atoms with Gasteiger partial charge in [0.2, 0.25) is 10.0 Å². The first-order valence-corrected chi connectivity index (χ1v) is 10.4. The molecule has 3 rings (SSSR count). The number of sulfonamides is 1. The number of hydrogen-bond donors (Lipinski definition) is 1. The molecule has 2 amide bonds. The molecule has 9 heteroatoms. The van der Waals surface area contributed by atoms with Crippen LogP contribution >= 0.6 is 0 Å². The molecule has 2 heterocycles. The molecular formula is C17H25FN4O3S. The van der Waals surface area contributed by atoms with Crippen molar-refractivity contribution in [3.8, 4) is 0 Å². The predicted octanol–water partition coefficient (Wildman–Crippen LogP) is 1.40. The first kappa shape index (κ1) is 19.1. The zero-order valence-electron chi connectivity index (χ0n) is 15.3. The molecule has 0 radical (unpaired) electrons. The summed E-state index contributed by atoms with van der Waals surface area (Å²) >= 11 is 0. The van der Waals surface area contributed by atoms with Crippen LogP contribution in [0.5, 0.6) is 0 Å². The van der Waals surface area contributed by atoms with Crippen LogP contribution in [-0.4, -0.2) is 79.1 Å². The van der Waals surface area contributed by atoms with Crippen molar-refractivity contribution in [3.05, 3.63) is 30.1 Å². The van der Waals surface area contributed by atoms with Crippen molar-refractivity contribution in [2.45, 2.75) is 25.4 Å². The third-order valence-electron chi connectivity index (χ3n) is 5.09. The normalized spacial score (nSPS) is 24.2. The molecule has 0 aliphatic carbocycles. The van der Waals surface area contributed by atoms with E-state index in [0.717, 1.165) is 0 Å². The van der Waals surface area contributed by atoms with E-state index in [9.17, 15) is 17.6 Å². The van der Waals surface area contributed by atoms with E-state index in [0.29, 0.717) is 38.4 Å². The molecule has 1 atom stereocenters. The summed E-state index contributed by atoms with van der Waals surface area (Å²) in [6.07, 6.45) is 1.22. The number of fused-ring (bicyclic) bond motifs is 1. The van der Waals surface area contributed by atoms with Crippen LogP contribution in [0.3, 0.4) is 0 Å². The second-order valence-corrected chi connectivity index (χ2v) is 9.58. The fraction of sp³-hybridized carbons (Fsp3) is 0.588. The monoisotopic (exact) mass is 384 g/mol. The number of carbonyl (C=O) groups is 1. The number of benzene rings is 1. The largest absolute Gasteiger partial charge is 0.322 e. The Bertz CT molecular complexity index is 782. The molecule has 0 spiro atoms. The molecular weight excluding hydrogens is 359 g/mol. The van der Waals surface area contributed by atoms with Gasteiger partial charge >= 0.3 is 6.03 Å². The van der Waals surface area contributed by atoms with Crippen LogP contribution in [0.1, 0.15) is 13.8 Å². The van der Waals surface area contributed by atoms with Gasteiger partial charge in [0.1, 0.15) is 5.82 Å². The van der Waals surface area contributed by atoms with E-state index in [-0.39, 0.29) is 23.4 Å². The fourth-order valence-electron chi connectivity index (χ4n) is 3.80. The molecule has 1 aromatic carbocycles. The highest BCUT2D eigenvalue weighted by atomic mass is 32.2. The minimum Gasteiger partial charge on any atom is -0.322 e. The van der Waals surface area contributed by atoms with Gasteiger partial charge in [-0.25, -0.2) is 17.6 Å². The van der Waals surface area contributed by atoms with Crippen LogP contribution in [0.2, 0.25) is 0 Å². The second-order valence-electron chi connectivity index (χ2n) is 7.60. The predicted molar refractivity (Wildman–Crippen MR) is 98.0 cm³/mol. The highest BCUT2D eigenvalue weighted by Crippen LogP contribution is 2.29. The van der Waals surface area contributed by atoms with Crippen LogP contribution < -0.4 is 5.32 Å². The smallest absolute Gasteiger partial charge is 0.321 e. The lowest BCUT2D eigenvalue weighted by Crippen LogP contribution is -2.70. The zero-order chi connectivity index (χ0) is 19.1. The molecule has 2 aliphatic rings. The first-order chi connectivity index (χ1) is 12.1. The minimum atomic E-state index is -3.29. The number of carbonyl (C=O) groups excluding carboxylic acids is 1. The number of hydrogen-bond acceptors (Lipinski definition) is 4. The molecule has 0 saturated carbocycles. The van der Waals surface area contributed by atoms with Gasteiger partial charge < -0.3 is 10.2 Å². The molecule has 144 valence electrons. The SMILES string of the molecule is CC1(C)CN(S(C)(=O)=O)C[C@@H]2CN(C(=O)Nc3ccc(F)cc3)CCN21. The van der Waals surface area contributed by atoms with Crippen molar-refractivity contribution in [2.24, 2.45) is 0 Å². The Kier molecular flexibility index (Phi) is 4.98. The Hall–Kier alpha value is -1.71. The van der Waals surface area contributed by atoms with Gasteiger partial charge in [0.25, 0.3) is 0 Å². The Morgan fingerprint density at radius 2 is 1.85 bits per heavy atom. The summed E-state index contributed by atoms with van der Waals surface area (Å²) in [4.78, 5) is 16.5. The van der Waals surface area contributed by atoms with Crippen LogP contribution in [0.4, 0.5) is 14.9 Å². The molecule has 1 N–H and O–H groups in total. The van der Waals surface area contributed by atoms with Crippen molar-refractivity contribution in [1.29, 1.82) is 0 Å². The lowest BCUT2D eigenvalue weighted by Gasteiger charge is -2.54. The number of amides is 2. The quantitative estimate of drug-likeness (QED) is 0.837. The number of halogens is 1. The summed E-state index contributed by atoms with van der Waals surface area (Å²) in [6.45, 7) is 6.59. The molecule has 0 aromatic heterocycles. The average Bonchev–Trinajstić information content (AvgIpc) is 2.55. The Morgan fingerprint density at radius 3 is 2.46 bits per heavy atom. The summed E-state index contributed by atoms with van der Waals surface area (Å²) in [5.74, 6) is -0.359. The average molecular weight is 384 g/mol. The lowest BCUT2D eigenvalue weighted by molar-refractivity contribution is -0.0323. The first-order valence-electron chi connectivity index (χ1n) is 8.60. The van der Waals surface area contributed by atoms with Crippen molar-refractivity contribution in [1.82, 2.24) is 14.1 Å². The number of urea groups is 1. The molecule has 2 fully saturated rings. The number of piperazine rings is 2. The van der Waals surface area contributed by atoms with Gasteiger partial charge in [-0.1, -0.05) is 0 Å². The van der Waals surface area contributed by atoms with E-state index >= 15 is 0 Å². The molecule has 2 saturated heterocycles. The summed E-state index contributed by atoms with van der Waals surface area (Å²) in [5.41, 5.74) is 0.242. The van der Waals surface area contributed by atoms with E-state index in [1.54, 1.807) is 4.90 Å². The number of rotatable bonds is 2. The van der Waals surface area contributed by atoms with E-state index in [1.165, 1.54) is 34.8 Å². The van der Waals surface area contributed by atoms with Gasteiger partial charge in [-0.2, -0.15) is 4.31 Å². The maximum Gasteiger partial charge on any atom is 0.321 e. The summed E-state index contributed by atoms with van der Waals surface area (Å²) in [6, 6.07) is 5.30. The number of nitrogens with one attached hydrogen (secondary N) is 1. The van der Waals surface area contributed by atoms with E-state index in [2.05, 4.69) is 10.2 Å². The van der Waals surface area contributed by atoms with Crippen molar-refractivity contribution >= 4 is 21.7 Å². The van der Waals surface area contributed by atoms with Crippen LogP contribution in [0, 0.1) is 5.82 Å². The molecule has 0 bridgehead atoms. The Morgan fingerprint density at radius 1 is 1.19 bits per heavy atom. The summed E-state index contributed by atoms with van der Waals surface area (Å²) < 4.78 is 38.5. The third-order valence-corrected chi connectivity index (χ3v) is 6.31. The standard InChI is InChI=1S/C17H25FN4O3S/c1-17(2)12-21(26(3,24)25)11-15-10-20(8-9-22(15)17)16(23)19-14-6-4-13(18)5-7-14/h4-7,15H,8-12H2,1-3H3,(H,19,23)/t15-/m0/s1. The van der Waals surface area contributed by atoms with E-state index in [4.69, 9.17) is 0 Å². The fourth-order valence-corrected chi connectivity index (χ4v) is 4.80. The van der Waals surface area contributed by atoms with E-state index < -0.39 is 10.0 Å². The molecule has 0 unspecified atom stereocenters. The maximum atomic E-state index is 13.0. The van der Waals surface area contributed by atoms with Gasteiger partial charge in [0.15, 0.2) is 0 Å². The van der Waals surface area contributed by atoms with Crippen LogP contribution in [0.25, 0.3) is 0 Å². The van der Waals surface area contributed by atoms with Gasteiger partial charge in [-0.3, -0.25) is 4.90 Å². The number of anilines is 1. The summed E-state index contributed by atoms with van der Waals surface area (Å²) in [7, 11) is -3.29. The van der Waals surface area contributed by atoms with Crippen LogP contribution in [0.15, 0.2) is 24.3 Å².